The highest BCUT2D eigenvalue weighted by Crippen LogP contribution is 2.22. The second kappa shape index (κ2) is 5.47. The van der Waals surface area contributed by atoms with E-state index in [2.05, 4.69) is 0 Å². The van der Waals surface area contributed by atoms with E-state index in [1.54, 1.807) is 4.31 Å². The van der Waals surface area contributed by atoms with E-state index in [1.807, 2.05) is 20.8 Å². The minimum atomic E-state index is -3.04. The molecule has 1 heterocycles. The maximum absolute atomic E-state index is 12.0. The molecule has 1 saturated heterocycles. The minimum absolute atomic E-state index is 0.176. The Morgan fingerprint density at radius 3 is 2.12 bits per heavy atom. The molecule has 0 aliphatic carbocycles. The molecule has 0 aromatic rings. The van der Waals surface area contributed by atoms with Crippen LogP contribution >= 0.6 is 0 Å². The van der Waals surface area contributed by atoms with E-state index in [1.165, 1.54) is 0 Å². The first-order valence-corrected chi connectivity index (χ1v) is 7.67. The van der Waals surface area contributed by atoms with Gasteiger partial charge in [0.05, 0.1) is 5.75 Å². The third-order valence-corrected chi connectivity index (χ3v) is 5.42. The van der Waals surface area contributed by atoms with Gasteiger partial charge in [-0.05, 0) is 31.6 Å². The Balaban J connectivity index is 2.53. The Morgan fingerprint density at radius 2 is 1.75 bits per heavy atom. The van der Waals surface area contributed by atoms with E-state index in [0.29, 0.717) is 19.0 Å². The van der Waals surface area contributed by atoms with Crippen molar-refractivity contribution in [1.29, 1.82) is 0 Å². The van der Waals surface area contributed by atoms with Crippen molar-refractivity contribution in [1.82, 2.24) is 4.31 Å². The highest BCUT2D eigenvalue weighted by molar-refractivity contribution is 7.89. The van der Waals surface area contributed by atoms with Crippen LogP contribution in [0.2, 0.25) is 0 Å². The topological polar surface area (TPSA) is 63.4 Å². The maximum atomic E-state index is 12.0. The Kier molecular flexibility index (Phi) is 4.76. The Labute approximate surface area is 99.2 Å². The lowest BCUT2D eigenvalue weighted by atomic mass is 9.92. The van der Waals surface area contributed by atoms with Gasteiger partial charge in [0.15, 0.2) is 0 Å². The lowest BCUT2D eigenvalue weighted by Crippen LogP contribution is -2.43. The molecule has 4 nitrogen and oxygen atoms in total. The van der Waals surface area contributed by atoms with Gasteiger partial charge < -0.3 is 5.73 Å². The molecule has 0 aromatic carbocycles. The first-order chi connectivity index (χ1) is 7.33. The summed E-state index contributed by atoms with van der Waals surface area (Å²) in [5, 5.41) is 0. The van der Waals surface area contributed by atoms with Crippen molar-refractivity contribution in [3.63, 3.8) is 0 Å². The SMILES string of the molecule is CC(C)CS(=O)(=O)N1CCC(C(C)N)CC1. The highest BCUT2D eigenvalue weighted by atomic mass is 32.2. The van der Waals surface area contributed by atoms with Gasteiger partial charge in [0, 0.05) is 19.1 Å². The van der Waals surface area contributed by atoms with Crippen LogP contribution in [0, 0.1) is 11.8 Å². The predicted octanol–water partition coefficient (Wildman–Crippen LogP) is 1.03. The van der Waals surface area contributed by atoms with Crippen molar-refractivity contribution < 1.29 is 8.42 Å². The number of nitrogens with two attached hydrogens (primary N) is 1. The van der Waals surface area contributed by atoms with Crippen molar-refractivity contribution in [3.8, 4) is 0 Å². The van der Waals surface area contributed by atoms with Crippen molar-refractivity contribution in [2.45, 2.75) is 39.7 Å². The molecule has 0 aromatic heterocycles. The zero-order chi connectivity index (χ0) is 12.3. The van der Waals surface area contributed by atoms with Crippen LogP contribution in [-0.2, 0) is 10.0 Å². The number of hydrogen-bond acceptors (Lipinski definition) is 3. The quantitative estimate of drug-likeness (QED) is 0.808. The molecule has 0 amide bonds. The summed E-state index contributed by atoms with van der Waals surface area (Å²) in [7, 11) is -3.04. The van der Waals surface area contributed by atoms with Gasteiger partial charge in [-0.2, -0.15) is 0 Å². The number of piperidine rings is 1. The molecule has 1 atom stereocenters. The van der Waals surface area contributed by atoms with Gasteiger partial charge in [-0.15, -0.1) is 0 Å². The highest BCUT2D eigenvalue weighted by Gasteiger charge is 2.29. The lowest BCUT2D eigenvalue weighted by molar-refractivity contribution is 0.250. The Bertz CT molecular complexity index is 304. The van der Waals surface area contributed by atoms with E-state index < -0.39 is 10.0 Å². The number of rotatable bonds is 4. The van der Waals surface area contributed by atoms with Gasteiger partial charge in [-0.25, -0.2) is 12.7 Å². The molecule has 1 aliphatic rings. The molecule has 0 radical (unpaired) electrons. The van der Waals surface area contributed by atoms with E-state index in [9.17, 15) is 8.42 Å². The molecule has 0 bridgehead atoms. The van der Waals surface area contributed by atoms with Gasteiger partial charge in [0.25, 0.3) is 0 Å². The summed E-state index contributed by atoms with van der Waals surface area (Å²) in [5.41, 5.74) is 5.83. The van der Waals surface area contributed by atoms with E-state index in [0.717, 1.165) is 12.8 Å². The van der Waals surface area contributed by atoms with Crippen LogP contribution in [0.4, 0.5) is 0 Å². The largest absolute Gasteiger partial charge is 0.328 e. The fraction of sp³-hybridized carbons (Fsp3) is 1.00. The summed E-state index contributed by atoms with van der Waals surface area (Å²) < 4.78 is 25.6. The monoisotopic (exact) mass is 248 g/mol. The van der Waals surface area contributed by atoms with Crippen molar-refractivity contribution >= 4 is 10.0 Å². The average Bonchev–Trinajstić information content (AvgIpc) is 2.16. The molecule has 5 heteroatoms. The van der Waals surface area contributed by atoms with Crippen LogP contribution in [0.1, 0.15) is 33.6 Å². The van der Waals surface area contributed by atoms with Crippen molar-refractivity contribution in [3.05, 3.63) is 0 Å². The number of sulfonamides is 1. The summed E-state index contributed by atoms with van der Waals surface area (Å²) in [5.74, 6) is 0.928. The first kappa shape index (κ1) is 13.9. The molecule has 1 aliphatic heterocycles. The standard InChI is InChI=1S/C11H24N2O2S/c1-9(2)8-16(14,15)13-6-4-11(5-7-13)10(3)12/h9-11H,4-8,12H2,1-3H3. The molecule has 1 fully saturated rings. The van der Waals surface area contributed by atoms with Crippen molar-refractivity contribution in [2.24, 2.45) is 17.6 Å². The van der Waals surface area contributed by atoms with Crippen LogP contribution in [0.3, 0.4) is 0 Å². The molecule has 96 valence electrons. The molecule has 1 rings (SSSR count). The first-order valence-electron chi connectivity index (χ1n) is 6.06. The molecule has 1 unspecified atom stereocenters. The average molecular weight is 248 g/mol. The fourth-order valence-electron chi connectivity index (χ4n) is 2.21. The van der Waals surface area contributed by atoms with E-state index in [4.69, 9.17) is 5.73 Å². The third-order valence-electron chi connectivity index (χ3n) is 3.18. The fourth-order valence-corrected chi connectivity index (χ4v) is 4.03. The van der Waals surface area contributed by atoms with Gasteiger partial charge in [0.2, 0.25) is 10.0 Å². The third kappa shape index (κ3) is 3.71. The molecular formula is C11H24N2O2S. The zero-order valence-corrected chi connectivity index (χ0v) is 11.3. The summed E-state index contributed by atoms with van der Waals surface area (Å²) >= 11 is 0. The minimum Gasteiger partial charge on any atom is -0.328 e. The molecule has 16 heavy (non-hydrogen) atoms. The van der Waals surface area contributed by atoms with Crippen LogP contribution in [0.5, 0.6) is 0 Å². The smallest absolute Gasteiger partial charge is 0.214 e. The van der Waals surface area contributed by atoms with E-state index >= 15 is 0 Å². The molecule has 2 N–H and O–H groups in total. The molecule has 0 spiro atoms. The summed E-state index contributed by atoms with van der Waals surface area (Å²) in [6.45, 7) is 7.16. The van der Waals surface area contributed by atoms with E-state index in [-0.39, 0.29) is 17.7 Å². The zero-order valence-electron chi connectivity index (χ0n) is 10.5. The normalized spacial score (nSPS) is 22.6. The second-order valence-electron chi connectivity index (χ2n) is 5.27. The second-order valence-corrected chi connectivity index (χ2v) is 7.28. The van der Waals surface area contributed by atoms with Crippen molar-refractivity contribution in [2.75, 3.05) is 18.8 Å². The Hall–Kier alpha value is -0.130. The van der Waals surface area contributed by atoms with Crippen LogP contribution in [-0.4, -0.2) is 37.6 Å². The number of nitrogens with zero attached hydrogens (tertiary/aromatic N) is 1. The number of hydrogen-bond donors (Lipinski definition) is 1. The maximum Gasteiger partial charge on any atom is 0.214 e. The molecular weight excluding hydrogens is 224 g/mol. The van der Waals surface area contributed by atoms with Gasteiger partial charge in [0.1, 0.15) is 0 Å². The Morgan fingerprint density at radius 1 is 1.25 bits per heavy atom. The lowest BCUT2D eigenvalue weighted by Gasteiger charge is -2.33. The van der Waals surface area contributed by atoms with Gasteiger partial charge in [-0.1, -0.05) is 13.8 Å². The van der Waals surface area contributed by atoms with Gasteiger partial charge in [-0.3, -0.25) is 0 Å². The summed E-state index contributed by atoms with van der Waals surface area (Å²) in [6, 6.07) is 0.176. The summed E-state index contributed by atoms with van der Waals surface area (Å²) in [4.78, 5) is 0. The summed E-state index contributed by atoms with van der Waals surface area (Å²) in [6.07, 6.45) is 1.80. The molecule has 0 saturated carbocycles. The van der Waals surface area contributed by atoms with Gasteiger partial charge >= 0.3 is 0 Å². The predicted molar refractivity (Wildman–Crippen MR) is 66.6 cm³/mol. The van der Waals surface area contributed by atoms with Crippen LogP contribution in [0.25, 0.3) is 0 Å². The van der Waals surface area contributed by atoms with Crippen LogP contribution < -0.4 is 5.73 Å². The van der Waals surface area contributed by atoms with Crippen LogP contribution in [0.15, 0.2) is 0 Å².